The molecule has 4 rings (SSSR count). The summed E-state index contributed by atoms with van der Waals surface area (Å²) in [6.07, 6.45) is 7.21. The lowest BCUT2D eigenvalue weighted by atomic mass is 9.66. The lowest BCUT2D eigenvalue weighted by Crippen LogP contribution is -2.40. The Bertz CT molecular complexity index is 823. The number of rotatable bonds is 1. The van der Waals surface area contributed by atoms with E-state index in [1.165, 1.54) is 18.4 Å². The molecule has 1 spiro atoms. The molecule has 3 heterocycles. The standard InChI is InChI=1S/C18H22N6/c1-24-15(3-7-22-24)16-12-10-18(5-8-21-9-6-18)4-2-14(12)23-17(20)13(16)11-19/h3,7,21H,2,4-6,8-10H2,1H3,(H2,20,23). The fourth-order valence-corrected chi connectivity index (χ4v) is 4.34. The van der Waals surface area contributed by atoms with Gasteiger partial charge in [0, 0.05) is 24.5 Å². The summed E-state index contributed by atoms with van der Waals surface area (Å²) in [7, 11) is 1.91. The van der Waals surface area contributed by atoms with E-state index >= 15 is 0 Å². The van der Waals surface area contributed by atoms with E-state index in [2.05, 4.69) is 21.5 Å². The molecule has 0 atom stereocenters. The molecule has 3 N–H and O–H groups in total. The maximum atomic E-state index is 9.68. The Labute approximate surface area is 141 Å². The van der Waals surface area contributed by atoms with E-state index in [-0.39, 0.29) is 0 Å². The summed E-state index contributed by atoms with van der Waals surface area (Å²) in [6.45, 7) is 2.15. The molecular formula is C18H22N6. The van der Waals surface area contributed by atoms with Gasteiger partial charge in [0.1, 0.15) is 17.5 Å². The van der Waals surface area contributed by atoms with Crippen molar-refractivity contribution < 1.29 is 0 Å². The van der Waals surface area contributed by atoms with Gasteiger partial charge < -0.3 is 11.1 Å². The Balaban J connectivity index is 1.91. The summed E-state index contributed by atoms with van der Waals surface area (Å²) in [6, 6.07) is 4.24. The highest BCUT2D eigenvalue weighted by molar-refractivity contribution is 5.77. The van der Waals surface area contributed by atoms with Crippen LogP contribution in [-0.2, 0) is 19.9 Å². The smallest absolute Gasteiger partial charge is 0.142 e. The van der Waals surface area contributed by atoms with Gasteiger partial charge in [-0.3, -0.25) is 4.68 Å². The number of aromatic nitrogens is 3. The quantitative estimate of drug-likeness (QED) is 0.835. The number of nitriles is 1. The van der Waals surface area contributed by atoms with Gasteiger partial charge in [0.15, 0.2) is 0 Å². The molecule has 0 amide bonds. The maximum absolute atomic E-state index is 9.68. The second kappa shape index (κ2) is 5.60. The van der Waals surface area contributed by atoms with Crippen molar-refractivity contribution in [3.8, 4) is 17.3 Å². The maximum Gasteiger partial charge on any atom is 0.142 e. The molecule has 0 saturated carbocycles. The summed E-state index contributed by atoms with van der Waals surface area (Å²) < 4.78 is 1.82. The predicted octanol–water partition coefficient (Wildman–Crippen LogP) is 1.79. The lowest BCUT2D eigenvalue weighted by molar-refractivity contribution is 0.172. The van der Waals surface area contributed by atoms with Crippen LogP contribution in [-0.4, -0.2) is 27.9 Å². The number of nitrogens with one attached hydrogen (secondary N) is 1. The predicted molar refractivity (Wildman–Crippen MR) is 92.1 cm³/mol. The number of hydrogen-bond acceptors (Lipinski definition) is 5. The number of piperidine rings is 1. The van der Waals surface area contributed by atoms with Crippen LogP contribution in [0.15, 0.2) is 12.3 Å². The molecule has 1 fully saturated rings. The number of aryl methyl sites for hydroxylation is 2. The zero-order chi connectivity index (χ0) is 16.7. The first-order chi connectivity index (χ1) is 11.6. The van der Waals surface area contributed by atoms with E-state index in [0.717, 1.165) is 49.3 Å². The van der Waals surface area contributed by atoms with Crippen LogP contribution in [0.5, 0.6) is 0 Å². The van der Waals surface area contributed by atoms with Crippen LogP contribution in [0.1, 0.15) is 36.1 Å². The Morgan fingerprint density at radius 3 is 2.79 bits per heavy atom. The van der Waals surface area contributed by atoms with Crippen LogP contribution in [0.25, 0.3) is 11.3 Å². The minimum Gasteiger partial charge on any atom is -0.383 e. The average Bonchev–Trinajstić information content (AvgIpc) is 3.01. The number of anilines is 1. The first kappa shape index (κ1) is 15.2. The number of nitrogens with zero attached hydrogens (tertiary/aromatic N) is 4. The van der Waals surface area contributed by atoms with Gasteiger partial charge in [-0.05, 0) is 62.2 Å². The normalized spacial score (nSPS) is 19.0. The number of nitrogen functional groups attached to an aromatic ring is 1. The molecule has 6 nitrogen and oxygen atoms in total. The third-order valence-electron chi connectivity index (χ3n) is 5.71. The van der Waals surface area contributed by atoms with Crippen LogP contribution < -0.4 is 11.1 Å². The molecule has 0 bridgehead atoms. The number of fused-ring (bicyclic) bond motifs is 1. The third-order valence-corrected chi connectivity index (χ3v) is 5.71. The Kier molecular flexibility index (Phi) is 3.54. The molecule has 124 valence electrons. The van der Waals surface area contributed by atoms with Crippen molar-refractivity contribution in [2.24, 2.45) is 12.5 Å². The molecule has 1 saturated heterocycles. The monoisotopic (exact) mass is 322 g/mol. The van der Waals surface area contributed by atoms with Crippen LogP contribution in [0.2, 0.25) is 0 Å². The van der Waals surface area contributed by atoms with Crippen molar-refractivity contribution in [2.45, 2.75) is 32.1 Å². The van der Waals surface area contributed by atoms with Crippen molar-refractivity contribution >= 4 is 5.82 Å². The summed E-state index contributed by atoms with van der Waals surface area (Å²) >= 11 is 0. The Hall–Kier alpha value is -2.39. The SMILES string of the molecule is Cn1nccc1-c1c(C#N)c(N)nc2c1CC1(CCNCC1)CC2. The van der Waals surface area contributed by atoms with Gasteiger partial charge in [-0.1, -0.05) is 0 Å². The lowest BCUT2D eigenvalue weighted by Gasteiger charge is -2.42. The van der Waals surface area contributed by atoms with Gasteiger partial charge in [0.05, 0.1) is 5.69 Å². The minimum atomic E-state index is 0.329. The van der Waals surface area contributed by atoms with Crippen molar-refractivity contribution in [1.29, 1.82) is 5.26 Å². The molecule has 0 aromatic carbocycles. The number of hydrogen-bond donors (Lipinski definition) is 2. The summed E-state index contributed by atoms with van der Waals surface area (Å²) in [5.74, 6) is 0.341. The third kappa shape index (κ3) is 2.28. The van der Waals surface area contributed by atoms with E-state index in [9.17, 15) is 5.26 Å². The van der Waals surface area contributed by atoms with Gasteiger partial charge in [-0.25, -0.2) is 4.98 Å². The van der Waals surface area contributed by atoms with Gasteiger partial charge in [0.25, 0.3) is 0 Å². The summed E-state index contributed by atoms with van der Waals surface area (Å²) in [5, 5.41) is 17.4. The van der Waals surface area contributed by atoms with Crippen molar-refractivity contribution in [3.63, 3.8) is 0 Å². The van der Waals surface area contributed by atoms with Crippen molar-refractivity contribution in [2.75, 3.05) is 18.8 Å². The molecule has 2 aromatic rings. The van der Waals surface area contributed by atoms with Crippen LogP contribution in [0, 0.1) is 16.7 Å². The van der Waals surface area contributed by atoms with Gasteiger partial charge >= 0.3 is 0 Å². The van der Waals surface area contributed by atoms with Crippen LogP contribution in [0.4, 0.5) is 5.82 Å². The minimum absolute atomic E-state index is 0.329. The van der Waals surface area contributed by atoms with E-state index in [4.69, 9.17) is 5.73 Å². The molecule has 2 aliphatic rings. The number of nitrogens with two attached hydrogens (primary N) is 1. The molecule has 0 radical (unpaired) electrons. The van der Waals surface area contributed by atoms with Crippen molar-refractivity contribution in [3.05, 3.63) is 29.1 Å². The van der Waals surface area contributed by atoms with E-state index in [1.54, 1.807) is 6.20 Å². The fraction of sp³-hybridized carbons (Fsp3) is 0.500. The molecular weight excluding hydrogens is 300 g/mol. The second-order valence-electron chi connectivity index (χ2n) is 7.05. The van der Waals surface area contributed by atoms with Crippen LogP contribution >= 0.6 is 0 Å². The molecule has 1 aliphatic carbocycles. The highest BCUT2D eigenvalue weighted by Gasteiger charge is 2.38. The highest BCUT2D eigenvalue weighted by atomic mass is 15.3. The van der Waals surface area contributed by atoms with Gasteiger partial charge in [-0.2, -0.15) is 10.4 Å². The zero-order valence-corrected chi connectivity index (χ0v) is 14.0. The van der Waals surface area contributed by atoms with E-state index < -0.39 is 0 Å². The first-order valence-corrected chi connectivity index (χ1v) is 8.54. The molecule has 6 heteroatoms. The highest BCUT2D eigenvalue weighted by Crippen LogP contribution is 2.45. The van der Waals surface area contributed by atoms with E-state index in [1.807, 2.05) is 17.8 Å². The fourth-order valence-electron chi connectivity index (χ4n) is 4.34. The summed E-state index contributed by atoms with van der Waals surface area (Å²) in [4.78, 5) is 4.57. The Morgan fingerprint density at radius 2 is 2.12 bits per heavy atom. The molecule has 24 heavy (non-hydrogen) atoms. The van der Waals surface area contributed by atoms with Crippen molar-refractivity contribution in [1.82, 2.24) is 20.1 Å². The number of pyridine rings is 1. The van der Waals surface area contributed by atoms with Gasteiger partial charge in [0.2, 0.25) is 0 Å². The largest absolute Gasteiger partial charge is 0.383 e. The topological polar surface area (TPSA) is 92.5 Å². The first-order valence-electron chi connectivity index (χ1n) is 8.54. The Morgan fingerprint density at radius 1 is 1.33 bits per heavy atom. The molecule has 1 aliphatic heterocycles. The average molecular weight is 322 g/mol. The van der Waals surface area contributed by atoms with E-state index in [0.29, 0.717) is 16.8 Å². The van der Waals surface area contributed by atoms with Crippen LogP contribution in [0.3, 0.4) is 0 Å². The molecule has 2 aromatic heterocycles. The van der Waals surface area contributed by atoms with Gasteiger partial charge in [-0.15, -0.1) is 0 Å². The molecule has 0 unspecified atom stereocenters. The summed E-state index contributed by atoms with van der Waals surface area (Å²) in [5.41, 5.74) is 11.1. The zero-order valence-electron chi connectivity index (χ0n) is 14.0. The second-order valence-corrected chi connectivity index (χ2v) is 7.05.